The fraction of sp³-hybridized carbons (Fsp3) is 0.233. The first-order chi connectivity index (χ1) is 17.0. The van der Waals surface area contributed by atoms with Crippen LogP contribution in [0.5, 0.6) is 0 Å². The van der Waals surface area contributed by atoms with Crippen molar-refractivity contribution in [2.45, 2.75) is 34.6 Å². The minimum atomic E-state index is -0.730. The molecule has 0 amide bonds. The fourth-order valence-corrected chi connectivity index (χ4v) is 3.05. The van der Waals surface area contributed by atoms with Gasteiger partial charge in [0, 0.05) is 35.3 Å². The van der Waals surface area contributed by atoms with E-state index in [9.17, 15) is 4.39 Å². The van der Waals surface area contributed by atoms with Gasteiger partial charge in [0.15, 0.2) is 5.83 Å². The Morgan fingerprint density at radius 1 is 1.28 bits per heavy atom. The maximum absolute atomic E-state index is 14.2. The minimum absolute atomic E-state index is 0.0239. The molecule has 6 heteroatoms. The average molecular weight is 488 g/mol. The van der Waals surface area contributed by atoms with Crippen LogP contribution in [0.1, 0.15) is 33.4 Å². The second-order valence-corrected chi connectivity index (χ2v) is 8.16. The van der Waals surface area contributed by atoms with E-state index in [-0.39, 0.29) is 11.6 Å². The highest BCUT2D eigenvalue weighted by molar-refractivity contribution is 5.67. The van der Waals surface area contributed by atoms with Crippen molar-refractivity contribution in [3.63, 3.8) is 0 Å². The van der Waals surface area contributed by atoms with Gasteiger partial charge in [0.05, 0.1) is 22.8 Å². The largest absolute Gasteiger partial charge is 0.397 e. The quantitative estimate of drug-likeness (QED) is 0.257. The van der Waals surface area contributed by atoms with E-state index >= 15 is 0 Å². The highest BCUT2D eigenvalue weighted by Crippen LogP contribution is 2.33. The predicted molar refractivity (Wildman–Crippen MR) is 152 cm³/mol. The topological polar surface area (TPSA) is 67.9 Å². The number of aryl methyl sites for hydroxylation is 1. The van der Waals surface area contributed by atoms with Crippen LogP contribution in [0.2, 0.25) is 0 Å². The Kier molecular flexibility index (Phi) is 11.3. The molecule has 1 unspecified atom stereocenters. The number of hydrogen-bond acceptors (Lipinski definition) is 4. The first kappa shape index (κ1) is 29.8. The molecule has 4 N–H and O–H groups in total. The van der Waals surface area contributed by atoms with Gasteiger partial charge in [-0.2, -0.15) is 9.49 Å². The van der Waals surface area contributed by atoms with Crippen molar-refractivity contribution in [2.75, 3.05) is 6.54 Å². The summed E-state index contributed by atoms with van der Waals surface area (Å²) in [7, 11) is 0. The van der Waals surface area contributed by atoms with Crippen LogP contribution in [0.4, 0.5) is 4.39 Å². The van der Waals surface area contributed by atoms with Gasteiger partial charge < -0.3 is 16.4 Å². The molecule has 0 saturated heterocycles. The van der Waals surface area contributed by atoms with E-state index in [1.54, 1.807) is 17.0 Å². The summed E-state index contributed by atoms with van der Waals surface area (Å²) < 4.78 is 16.0. The van der Waals surface area contributed by atoms with E-state index < -0.39 is 5.83 Å². The summed E-state index contributed by atoms with van der Waals surface area (Å²) in [5, 5.41) is 10.5. The Morgan fingerprint density at radius 2 is 1.92 bits per heavy atom. The van der Waals surface area contributed by atoms with E-state index in [1.807, 2.05) is 58.8 Å². The molecular weight excluding hydrogens is 449 g/mol. The molecule has 1 aromatic heterocycles. The van der Waals surface area contributed by atoms with E-state index in [4.69, 9.17) is 12.2 Å². The Balaban J connectivity index is 0.00000316. The molecule has 1 aliphatic rings. The molecule has 5 nitrogen and oxygen atoms in total. The van der Waals surface area contributed by atoms with Crippen LogP contribution in [0.3, 0.4) is 0 Å². The SMILES string of the molecule is C#C/C(F)=C(\C=CC(C)CNC(=C)C(=C)/C=C(/C(=C)C)n1nccc1C)NC1=C(N)C(=C)C1=C.CC. The lowest BCUT2D eigenvalue weighted by atomic mass is 9.90. The number of terminal acetylenes is 1. The lowest BCUT2D eigenvalue weighted by molar-refractivity contribution is 0.646. The van der Waals surface area contributed by atoms with Crippen LogP contribution < -0.4 is 16.4 Å². The Labute approximate surface area is 215 Å². The molecule has 0 saturated carbocycles. The summed E-state index contributed by atoms with van der Waals surface area (Å²) in [5.41, 5.74) is 12.3. The summed E-state index contributed by atoms with van der Waals surface area (Å²) in [6, 6.07) is 1.92. The van der Waals surface area contributed by atoms with Crippen molar-refractivity contribution in [2.24, 2.45) is 11.7 Å². The van der Waals surface area contributed by atoms with Crippen LogP contribution >= 0.6 is 0 Å². The molecule has 0 spiro atoms. The molecule has 190 valence electrons. The van der Waals surface area contributed by atoms with Crippen LogP contribution in [0.15, 0.2) is 114 Å². The lowest BCUT2D eigenvalue weighted by Crippen LogP contribution is -2.28. The van der Waals surface area contributed by atoms with Gasteiger partial charge in [0.25, 0.3) is 0 Å². The average Bonchev–Trinajstić information content (AvgIpc) is 3.30. The third-order valence-corrected chi connectivity index (χ3v) is 5.31. The van der Waals surface area contributed by atoms with Gasteiger partial charge in [-0.25, -0.2) is 4.68 Å². The van der Waals surface area contributed by atoms with E-state index in [2.05, 4.69) is 48.6 Å². The van der Waals surface area contributed by atoms with Gasteiger partial charge in [-0.1, -0.05) is 59.7 Å². The zero-order valence-corrected chi connectivity index (χ0v) is 22.1. The third-order valence-electron chi connectivity index (χ3n) is 5.31. The maximum atomic E-state index is 14.2. The number of aromatic nitrogens is 2. The molecule has 36 heavy (non-hydrogen) atoms. The number of rotatable bonds is 11. The van der Waals surface area contributed by atoms with Gasteiger partial charge in [-0.15, -0.1) is 6.42 Å². The van der Waals surface area contributed by atoms with Crippen molar-refractivity contribution in [1.29, 1.82) is 0 Å². The molecule has 2 rings (SSSR count). The summed E-state index contributed by atoms with van der Waals surface area (Å²) >= 11 is 0. The molecule has 1 heterocycles. The highest BCUT2D eigenvalue weighted by Gasteiger charge is 2.24. The Morgan fingerprint density at radius 3 is 2.42 bits per heavy atom. The number of nitrogens with one attached hydrogen (secondary N) is 2. The zero-order valence-electron chi connectivity index (χ0n) is 22.1. The van der Waals surface area contributed by atoms with Crippen molar-refractivity contribution in [3.8, 4) is 12.3 Å². The zero-order chi connectivity index (χ0) is 27.6. The first-order valence-corrected chi connectivity index (χ1v) is 11.7. The van der Waals surface area contributed by atoms with Gasteiger partial charge in [-0.3, -0.25) is 0 Å². The minimum Gasteiger partial charge on any atom is -0.397 e. The van der Waals surface area contributed by atoms with Gasteiger partial charge in [0.1, 0.15) is 0 Å². The van der Waals surface area contributed by atoms with Crippen LogP contribution in [0, 0.1) is 25.2 Å². The molecular formula is C30H38FN5. The molecule has 0 aromatic carbocycles. The number of halogens is 1. The second-order valence-electron chi connectivity index (χ2n) is 8.16. The maximum Gasteiger partial charge on any atom is 0.196 e. The second kappa shape index (κ2) is 13.6. The number of hydrogen-bond donors (Lipinski definition) is 3. The first-order valence-electron chi connectivity index (χ1n) is 11.7. The highest BCUT2D eigenvalue weighted by atomic mass is 19.1. The molecule has 1 atom stereocenters. The van der Waals surface area contributed by atoms with Crippen molar-refractivity contribution < 1.29 is 4.39 Å². The molecule has 1 aromatic rings. The van der Waals surface area contributed by atoms with Gasteiger partial charge in [0.2, 0.25) is 0 Å². The smallest absolute Gasteiger partial charge is 0.196 e. The van der Waals surface area contributed by atoms with E-state index in [0.717, 1.165) is 17.0 Å². The van der Waals surface area contributed by atoms with Gasteiger partial charge >= 0.3 is 0 Å². The van der Waals surface area contributed by atoms with Crippen LogP contribution in [-0.2, 0) is 0 Å². The fourth-order valence-electron chi connectivity index (χ4n) is 3.05. The van der Waals surface area contributed by atoms with Crippen molar-refractivity contribution >= 4 is 5.70 Å². The lowest BCUT2D eigenvalue weighted by Gasteiger charge is -2.27. The molecule has 0 aliphatic heterocycles. The predicted octanol–water partition coefficient (Wildman–Crippen LogP) is 6.19. The van der Waals surface area contributed by atoms with Crippen molar-refractivity contribution in [1.82, 2.24) is 20.4 Å². The molecule has 1 aliphatic carbocycles. The summed E-state index contributed by atoms with van der Waals surface area (Å²) in [5.74, 6) is 1.31. The summed E-state index contributed by atoms with van der Waals surface area (Å²) in [4.78, 5) is 0. The van der Waals surface area contributed by atoms with Crippen molar-refractivity contribution in [3.05, 3.63) is 120 Å². The third kappa shape index (κ3) is 7.38. The van der Waals surface area contributed by atoms with Crippen LogP contribution in [0.25, 0.3) is 5.70 Å². The number of nitrogens with zero attached hydrogens (tertiary/aromatic N) is 2. The van der Waals surface area contributed by atoms with Gasteiger partial charge in [-0.05, 0) is 55.1 Å². The summed E-state index contributed by atoms with van der Waals surface area (Å²) in [6.45, 7) is 30.3. The van der Waals surface area contributed by atoms with Crippen LogP contribution in [-0.4, -0.2) is 16.3 Å². The Bertz CT molecular complexity index is 1220. The summed E-state index contributed by atoms with van der Waals surface area (Å²) in [6.07, 6.45) is 12.3. The normalized spacial score (nSPS) is 14.8. The molecule has 0 radical (unpaired) electrons. The molecule has 0 bridgehead atoms. The standard InChI is InChI=1S/C28H32FN5.C2H6/c1-10-24(29)25(33-28-22(8)21(7)27(28)30)12-11-18(4)16-31-23(9)19(5)15-26(17(2)3)34-20(6)13-14-32-34;1-2/h1,11-15,18,31,33H,2,5,7-9,16,30H2,3-4,6H3;1-2H3/b12-11?,25-24-,26-15-;. The van der Waals surface area contributed by atoms with E-state index in [0.29, 0.717) is 40.4 Å². The van der Waals surface area contributed by atoms with E-state index in [1.165, 1.54) is 0 Å². The Hall–Kier alpha value is -4.24. The molecule has 0 fully saturated rings. The number of nitrogens with two attached hydrogens (primary N) is 1. The monoisotopic (exact) mass is 487 g/mol. The number of allylic oxidation sites excluding steroid dienone is 7.